The van der Waals surface area contributed by atoms with Crippen LogP contribution in [0.4, 0.5) is 14.9 Å². The third kappa shape index (κ3) is 4.34. The number of amides is 4. The molecule has 4 rings (SSSR count). The molecule has 2 aromatic carbocycles. The number of carbonyl (C=O) groups excluding carboxylic acids is 3. The van der Waals surface area contributed by atoms with Gasteiger partial charge in [-0.1, -0.05) is 41.9 Å². The highest BCUT2D eigenvalue weighted by Gasteiger charge is 2.41. The second-order valence-electron chi connectivity index (χ2n) is 7.52. The molecule has 162 valence electrons. The van der Waals surface area contributed by atoms with Gasteiger partial charge in [0.05, 0.1) is 17.3 Å². The van der Waals surface area contributed by atoms with Crippen molar-refractivity contribution >= 4 is 35.1 Å². The summed E-state index contributed by atoms with van der Waals surface area (Å²) in [5.74, 6) is -2.46. The Hall–Kier alpha value is -3.13. The molecule has 31 heavy (non-hydrogen) atoms. The zero-order valence-corrected chi connectivity index (χ0v) is 17.5. The van der Waals surface area contributed by atoms with E-state index in [1.54, 1.807) is 11.0 Å². The maximum Gasteiger partial charge on any atom is 0.324 e. The Morgan fingerprint density at radius 2 is 1.71 bits per heavy atom. The molecule has 1 unspecified atom stereocenters. The van der Waals surface area contributed by atoms with Crippen LogP contribution in [0.5, 0.6) is 0 Å². The molecule has 2 fully saturated rings. The summed E-state index contributed by atoms with van der Waals surface area (Å²) in [4.78, 5) is 42.9. The van der Waals surface area contributed by atoms with Crippen LogP contribution < -0.4 is 10.2 Å². The molecule has 0 saturated carbocycles. The number of carbonyl (C=O) groups is 3. The van der Waals surface area contributed by atoms with Gasteiger partial charge in [0.15, 0.2) is 0 Å². The van der Waals surface area contributed by atoms with Crippen LogP contribution in [0.2, 0.25) is 5.02 Å². The molecule has 1 N–H and O–H groups in total. The van der Waals surface area contributed by atoms with Crippen LogP contribution in [-0.2, 0) is 16.1 Å². The second kappa shape index (κ2) is 8.93. The zero-order valence-electron chi connectivity index (χ0n) is 16.8. The number of urea groups is 1. The number of hydrogen-bond acceptors (Lipinski definition) is 4. The average Bonchev–Trinajstić information content (AvgIpc) is 2.78. The van der Waals surface area contributed by atoms with Gasteiger partial charge in [0.25, 0.3) is 0 Å². The third-order valence-electron chi connectivity index (χ3n) is 5.64. The number of benzene rings is 2. The highest BCUT2D eigenvalue weighted by Crippen LogP contribution is 2.26. The average molecular weight is 445 g/mol. The van der Waals surface area contributed by atoms with E-state index in [0.29, 0.717) is 31.2 Å². The standard InChI is InChI=1S/C22H22ClFN4O3/c23-17-6-2-4-8-19(17)26-9-11-27(12-10-26)20(29)16-13-25-22(31)28(21(16)30)14-15-5-1-3-7-18(15)24/h1-8,16H,9-14H2,(H,25,31). The number of hydrogen-bond donors (Lipinski definition) is 1. The molecule has 9 heteroatoms. The summed E-state index contributed by atoms with van der Waals surface area (Å²) < 4.78 is 14.0. The van der Waals surface area contributed by atoms with Gasteiger partial charge < -0.3 is 15.1 Å². The summed E-state index contributed by atoms with van der Waals surface area (Å²) in [6.07, 6.45) is 0. The van der Waals surface area contributed by atoms with Crippen molar-refractivity contribution in [2.24, 2.45) is 5.92 Å². The van der Waals surface area contributed by atoms with Crippen molar-refractivity contribution in [3.63, 3.8) is 0 Å². The van der Waals surface area contributed by atoms with Crippen molar-refractivity contribution in [3.8, 4) is 0 Å². The zero-order chi connectivity index (χ0) is 22.0. The van der Waals surface area contributed by atoms with E-state index in [4.69, 9.17) is 11.6 Å². The van der Waals surface area contributed by atoms with Crippen LogP contribution in [0.25, 0.3) is 0 Å². The monoisotopic (exact) mass is 444 g/mol. The predicted molar refractivity (Wildman–Crippen MR) is 114 cm³/mol. The summed E-state index contributed by atoms with van der Waals surface area (Å²) >= 11 is 6.27. The van der Waals surface area contributed by atoms with Crippen molar-refractivity contribution in [2.75, 3.05) is 37.6 Å². The molecule has 2 saturated heterocycles. The Morgan fingerprint density at radius 3 is 2.42 bits per heavy atom. The number of rotatable bonds is 4. The lowest BCUT2D eigenvalue weighted by Crippen LogP contribution is -2.60. The fourth-order valence-electron chi connectivity index (χ4n) is 3.90. The van der Waals surface area contributed by atoms with Gasteiger partial charge in [0, 0.05) is 38.3 Å². The molecule has 2 heterocycles. The summed E-state index contributed by atoms with van der Waals surface area (Å²) in [5.41, 5.74) is 1.13. The van der Waals surface area contributed by atoms with E-state index >= 15 is 0 Å². The Balaban J connectivity index is 1.41. The lowest BCUT2D eigenvalue weighted by Gasteiger charge is -2.39. The Bertz CT molecular complexity index is 1010. The van der Waals surface area contributed by atoms with Crippen LogP contribution in [0.15, 0.2) is 48.5 Å². The lowest BCUT2D eigenvalue weighted by molar-refractivity contribution is -0.147. The molecule has 0 aliphatic carbocycles. The fraction of sp³-hybridized carbons (Fsp3) is 0.318. The topological polar surface area (TPSA) is 73.0 Å². The number of nitrogens with zero attached hydrogens (tertiary/aromatic N) is 3. The van der Waals surface area contributed by atoms with E-state index in [9.17, 15) is 18.8 Å². The van der Waals surface area contributed by atoms with Gasteiger partial charge in [0.1, 0.15) is 11.7 Å². The molecule has 2 aromatic rings. The SMILES string of the molecule is O=C(C1CNC(=O)N(Cc2ccccc2F)C1=O)N1CCN(c2ccccc2Cl)CC1. The molecule has 0 spiro atoms. The quantitative estimate of drug-likeness (QED) is 0.735. The Morgan fingerprint density at radius 1 is 1.03 bits per heavy atom. The van der Waals surface area contributed by atoms with Gasteiger partial charge >= 0.3 is 6.03 Å². The summed E-state index contributed by atoms with van der Waals surface area (Å²) in [5, 5.41) is 3.23. The molecule has 0 bridgehead atoms. The maximum atomic E-state index is 14.0. The van der Waals surface area contributed by atoms with Crippen molar-refractivity contribution < 1.29 is 18.8 Å². The summed E-state index contributed by atoms with van der Waals surface area (Å²) in [6, 6.07) is 12.8. The minimum absolute atomic E-state index is 0.0605. The van der Waals surface area contributed by atoms with E-state index in [1.807, 2.05) is 24.3 Å². The van der Waals surface area contributed by atoms with E-state index in [-0.39, 0.29) is 24.6 Å². The van der Waals surface area contributed by atoms with Crippen LogP contribution in [0, 0.1) is 11.7 Å². The van der Waals surface area contributed by atoms with Gasteiger partial charge in [-0.2, -0.15) is 0 Å². The van der Waals surface area contributed by atoms with E-state index in [1.165, 1.54) is 18.2 Å². The van der Waals surface area contributed by atoms with E-state index in [2.05, 4.69) is 10.2 Å². The smallest absolute Gasteiger partial charge is 0.324 e. The fourth-order valence-corrected chi connectivity index (χ4v) is 4.15. The van der Waals surface area contributed by atoms with Crippen LogP contribution >= 0.6 is 11.6 Å². The number of para-hydroxylation sites is 1. The molecule has 0 aromatic heterocycles. The second-order valence-corrected chi connectivity index (χ2v) is 7.93. The number of anilines is 1. The van der Waals surface area contributed by atoms with Gasteiger partial charge in [-0.3, -0.25) is 14.5 Å². The van der Waals surface area contributed by atoms with E-state index in [0.717, 1.165) is 10.6 Å². The maximum absolute atomic E-state index is 14.0. The Labute approximate surface area is 184 Å². The predicted octanol–water partition coefficient (Wildman–Crippen LogP) is 2.50. The first kappa shape index (κ1) is 21.1. The molecule has 1 atom stereocenters. The first-order valence-corrected chi connectivity index (χ1v) is 10.4. The van der Waals surface area contributed by atoms with Gasteiger partial charge in [-0.05, 0) is 18.2 Å². The molecular formula is C22H22ClFN4O3. The lowest BCUT2D eigenvalue weighted by atomic mass is 10.0. The largest absolute Gasteiger partial charge is 0.367 e. The summed E-state index contributed by atoms with van der Waals surface area (Å²) in [6.45, 7) is 1.77. The number of halogens is 2. The van der Waals surface area contributed by atoms with Crippen LogP contribution in [0.3, 0.4) is 0 Å². The molecule has 4 amide bonds. The van der Waals surface area contributed by atoms with Gasteiger partial charge in [-0.15, -0.1) is 0 Å². The number of nitrogens with one attached hydrogen (secondary N) is 1. The van der Waals surface area contributed by atoms with Crippen LogP contribution in [-0.4, -0.2) is 60.4 Å². The normalized spacial score (nSPS) is 19.4. The number of piperazine rings is 1. The first-order chi connectivity index (χ1) is 15.0. The summed E-state index contributed by atoms with van der Waals surface area (Å²) in [7, 11) is 0. The van der Waals surface area contributed by atoms with Crippen molar-refractivity contribution in [2.45, 2.75) is 6.54 Å². The first-order valence-electron chi connectivity index (χ1n) is 10.1. The van der Waals surface area contributed by atoms with Crippen molar-refractivity contribution in [3.05, 3.63) is 64.9 Å². The molecule has 7 nitrogen and oxygen atoms in total. The molecular weight excluding hydrogens is 423 g/mol. The van der Waals surface area contributed by atoms with Crippen molar-refractivity contribution in [1.82, 2.24) is 15.1 Å². The molecule has 2 aliphatic rings. The third-order valence-corrected chi connectivity index (χ3v) is 5.96. The highest BCUT2D eigenvalue weighted by atomic mass is 35.5. The van der Waals surface area contributed by atoms with Crippen LogP contribution in [0.1, 0.15) is 5.56 Å². The molecule has 0 radical (unpaired) electrons. The van der Waals surface area contributed by atoms with Crippen molar-refractivity contribution in [1.29, 1.82) is 0 Å². The number of imide groups is 1. The Kier molecular flexibility index (Phi) is 6.08. The van der Waals surface area contributed by atoms with Gasteiger partial charge in [-0.25, -0.2) is 9.18 Å². The minimum Gasteiger partial charge on any atom is -0.367 e. The highest BCUT2D eigenvalue weighted by molar-refractivity contribution is 6.33. The van der Waals surface area contributed by atoms with E-state index < -0.39 is 23.7 Å². The van der Waals surface area contributed by atoms with Gasteiger partial charge in [0.2, 0.25) is 11.8 Å². The molecule has 2 aliphatic heterocycles. The minimum atomic E-state index is -1.02.